The molecule has 0 spiro atoms. The molecule has 1 aromatic carbocycles. The third-order valence-electron chi connectivity index (χ3n) is 4.26. The van der Waals surface area contributed by atoms with Crippen molar-refractivity contribution in [3.05, 3.63) is 64.0 Å². The molecule has 0 N–H and O–H groups in total. The number of rotatable bonds is 7. The van der Waals surface area contributed by atoms with Gasteiger partial charge in [0, 0.05) is 17.8 Å². The zero-order valence-electron chi connectivity index (χ0n) is 16.4. The van der Waals surface area contributed by atoms with Crippen LogP contribution in [0.1, 0.15) is 17.7 Å². The standard InChI is InChI=1S/C20H18F3N3O3S/c1-28-16-7-11(6-13(21)18(16)29-2)9-26-10-12(4-5-17(26)27)14-8-15(19(22)23)25-20(24-14)30-3/h4-8,10,19H,9H2,1-3H3. The summed E-state index contributed by atoms with van der Waals surface area (Å²) in [6, 6.07) is 6.79. The maximum Gasteiger partial charge on any atom is 0.280 e. The van der Waals surface area contributed by atoms with E-state index in [0.29, 0.717) is 11.1 Å². The fourth-order valence-corrected chi connectivity index (χ4v) is 3.25. The van der Waals surface area contributed by atoms with Crippen molar-refractivity contribution in [2.24, 2.45) is 0 Å². The van der Waals surface area contributed by atoms with Crippen molar-refractivity contribution in [1.82, 2.24) is 14.5 Å². The molecule has 6 nitrogen and oxygen atoms in total. The number of ether oxygens (including phenoxy) is 2. The summed E-state index contributed by atoms with van der Waals surface area (Å²) < 4.78 is 52.1. The van der Waals surface area contributed by atoms with Gasteiger partial charge in [-0.05, 0) is 36.1 Å². The molecule has 158 valence electrons. The van der Waals surface area contributed by atoms with Gasteiger partial charge in [-0.3, -0.25) is 4.79 Å². The molecule has 0 unspecified atom stereocenters. The van der Waals surface area contributed by atoms with Gasteiger partial charge in [0.1, 0.15) is 5.69 Å². The Balaban J connectivity index is 2.02. The number of thioether (sulfide) groups is 1. The minimum atomic E-state index is -2.75. The van der Waals surface area contributed by atoms with Gasteiger partial charge in [-0.25, -0.2) is 23.1 Å². The van der Waals surface area contributed by atoms with Gasteiger partial charge < -0.3 is 14.0 Å². The lowest BCUT2D eigenvalue weighted by Gasteiger charge is -2.13. The van der Waals surface area contributed by atoms with Crippen molar-refractivity contribution in [1.29, 1.82) is 0 Å². The lowest BCUT2D eigenvalue weighted by molar-refractivity contribution is 0.145. The summed E-state index contributed by atoms with van der Waals surface area (Å²) in [5, 5.41) is 0.197. The molecule has 0 amide bonds. The van der Waals surface area contributed by atoms with E-state index in [0.717, 1.165) is 11.8 Å². The van der Waals surface area contributed by atoms with Gasteiger partial charge in [-0.15, -0.1) is 0 Å². The number of halogens is 3. The summed E-state index contributed by atoms with van der Waals surface area (Å²) in [6.07, 6.45) is 0.415. The van der Waals surface area contributed by atoms with Crippen molar-refractivity contribution in [3.8, 4) is 22.8 Å². The summed E-state index contributed by atoms with van der Waals surface area (Å²) in [7, 11) is 2.71. The maximum atomic E-state index is 14.3. The van der Waals surface area contributed by atoms with Crippen LogP contribution >= 0.6 is 11.8 Å². The van der Waals surface area contributed by atoms with E-state index >= 15 is 0 Å². The van der Waals surface area contributed by atoms with Crippen molar-refractivity contribution < 1.29 is 22.6 Å². The predicted molar refractivity (Wildman–Crippen MR) is 107 cm³/mol. The lowest BCUT2D eigenvalue weighted by Crippen LogP contribution is -2.19. The van der Waals surface area contributed by atoms with E-state index in [2.05, 4.69) is 9.97 Å². The Labute approximate surface area is 174 Å². The number of alkyl halides is 2. The highest BCUT2D eigenvalue weighted by atomic mass is 32.2. The number of aromatic nitrogens is 3. The van der Waals surface area contributed by atoms with Gasteiger partial charge in [0.05, 0.1) is 26.5 Å². The van der Waals surface area contributed by atoms with Gasteiger partial charge in [0.2, 0.25) is 0 Å². The molecule has 0 saturated carbocycles. The van der Waals surface area contributed by atoms with E-state index in [-0.39, 0.29) is 34.5 Å². The molecule has 2 aromatic heterocycles. The Morgan fingerprint density at radius 1 is 1.13 bits per heavy atom. The van der Waals surface area contributed by atoms with Crippen molar-refractivity contribution >= 4 is 11.8 Å². The number of pyridine rings is 1. The SMILES string of the molecule is COc1cc(Cn2cc(-c3cc(C(F)F)nc(SC)n3)ccc2=O)cc(F)c1OC. The summed E-state index contributed by atoms with van der Waals surface area (Å²) >= 11 is 1.14. The molecule has 0 aliphatic carbocycles. The fourth-order valence-electron chi connectivity index (χ4n) is 2.86. The van der Waals surface area contributed by atoms with Gasteiger partial charge in [0.25, 0.3) is 12.0 Å². The van der Waals surface area contributed by atoms with Crippen LogP contribution in [0.3, 0.4) is 0 Å². The first-order chi connectivity index (χ1) is 14.4. The van der Waals surface area contributed by atoms with E-state index in [9.17, 15) is 18.0 Å². The second-order valence-electron chi connectivity index (χ2n) is 6.16. The minimum Gasteiger partial charge on any atom is -0.493 e. The van der Waals surface area contributed by atoms with E-state index in [4.69, 9.17) is 9.47 Å². The molecule has 3 aromatic rings. The molecular formula is C20H18F3N3O3S. The Kier molecular flexibility index (Phi) is 6.66. The molecule has 2 heterocycles. The Morgan fingerprint density at radius 2 is 1.90 bits per heavy atom. The zero-order chi connectivity index (χ0) is 21.8. The quantitative estimate of drug-likeness (QED) is 0.408. The first kappa shape index (κ1) is 21.7. The third-order valence-corrected chi connectivity index (χ3v) is 4.80. The molecule has 3 rings (SSSR count). The van der Waals surface area contributed by atoms with Crippen LogP contribution in [-0.2, 0) is 6.54 Å². The predicted octanol–water partition coefficient (Wildman–Crippen LogP) is 4.17. The maximum absolute atomic E-state index is 14.3. The van der Waals surface area contributed by atoms with Crippen LogP contribution in [-0.4, -0.2) is 35.0 Å². The second-order valence-corrected chi connectivity index (χ2v) is 6.94. The van der Waals surface area contributed by atoms with E-state index in [1.807, 2.05) is 0 Å². The van der Waals surface area contributed by atoms with E-state index in [1.54, 1.807) is 12.3 Å². The van der Waals surface area contributed by atoms with Gasteiger partial charge in [0.15, 0.2) is 22.5 Å². The number of benzene rings is 1. The topological polar surface area (TPSA) is 66.2 Å². The highest BCUT2D eigenvalue weighted by molar-refractivity contribution is 7.98. The fraction of sp³-hybridized carbons (Fsp3) is 0.250. The second kappa shape index (κ2) is 9.21. The number of nitrogens with zero attached hydrogens (tertiary/aromatic N) is 3. The summed E-state index contributed by atoms with van der Waals surface area (Å²) in [4.78, 5) is 20.4. The molecule has 0 saturated heterocycles. The van der Waals surface area contributed by atoms with Crippen LogP contribution in [0, 0.1) is 5.82 Å². The first-order valence-electron chi connectivity index (χ1n) is 8.68. The van der Waals surface area contributed by atoms with Crippen LogP contribution in [0.5, 0.6) is 11.5 Å². The van der Waals surface area contributed by atoms with E-state index in [1.165, 1.54) is 49.2 Å². The number of hydrogen-bond acceptors (Lipinski definition) is 6. The molecule has 0 bridgehead atoms. The van der Waals surface area contributed by atoms with Crippen LogP contribution in [0.4, 0.5) is 13.2 Å². The first-order valence-corrected chi connectivity index (χ1v) is 9.91. The van der Waals surface area contributed by atoms with Crippen LogP contribution < -0.4 is 15.0 Å². The molecule has 0 atom stereocenters. The van der Waals surface area contributed by atoms with Crippen molar-refractivity contribution in [2.45, 2.75) is 18.1 Å². The molecule has 0 fully saturated rings. The zero-order valence-corrected chi connectivity index (χ0v) is 17.2. The highest BCUT2D eigenvalue weighted by Gasteiger charge is 2.16. The molecule has 0 aliphatic rings. The summed E-state index contributed by atoms with van der Waals surface area (Å²) in [6.45, 7) is 0.0338. The van der Waals surface area contributed by atoms with Crippen LogP contribution in [0.2, 0.25) is 0 Å². The largest absolute Gasteiger partial charge is 0.493 e. The molecule has 30 heavy (non-hydrogen) atoms. The van der Waals surface area contributed by atoms with Crippen molar-refractivity contribution in [2.75, 3.05) is 20.5 Å². The van der Waals surface area contributed by atoms with Crippen LogP contribution in [0.25, 0.3) is 11.3 Å². The monoisotopic (exact) mass is 437 g/mol. The highest BCUT2D eigenvalue weighted by Crippen LogP contribution is 2.31. The Morgan fingerprint density at radius 3 is 2.53 bits per heavy atom. The average molecular weight is 437 g/mol. The Bertz CT molecular complexity index is 1120. The van der Waals surface area contributed by atoms with Crippen molar-refractivity contribution in [3.63, 3.8) is 0 Å². The number of methoxy groups -OCH3 is 2. The van der Waals surface area contributed by atoms with Gasteiger partial charge >= 0.3 is 0 Å². The lowest BCUT2D eigenvalue weighted by atomic mass is 10.1. The Hall–Kier alpha value is -3.01. The van der Waals surface area contributed by atoms with Gasteiger partial charge in [-0.1, -0.05) is 11.8 Å². The molecule has 0 aliphatic heterocycles. The molecule has 10 heteroatoms. The smallest absolute Gasteiger partial charge is 0.280 e. The van der Waals surface area contributed by atoms with Crippen LogP contribution in [0.15, 0.2) is 46.5 Å². The normalized spacial score (nSPS) is 11.0. The minimum absolute atomic E-state index is 0.0338. The number of hydrogen-bond donors (Lipinski definition) is 0. The van der Waals surface area contributed by atoms with E-state index < -0.39 is 17.9 Å². The average Bonchev–Trinajstić information content (AvgIpc) is 2.74. The molecule has 0 radical (unpaired) electrons. The molecular weight excluding hydrogens is 419 g/mol. The summed E-state index contributed by atoms with van der Waals surface area (Å²) in [5.74, 6) is -0.468. The third kappa shape index (κ3) is 4.59. The summed E-state index contributed by atoms with van der Waals surface area (Å²) in [5.41, 5.74) is 0.434. The van der Waals surface area contributed by atoms with Gasteiger partial charge in [-0.2, -0.15) is 0 Å².